The van der Waals surface area contributed by atoms with Crippen molar-refractivity contribution in [1.29, 1.82) is 0 Å². The number of urea groups is 1. The standard InChI is InChI=1S/C33H27F3N4O2/c1-21(22-11-4-2-5-12-22)40(32(42)38-26-17-9-8-15-24(26)23-13-6-3-7-14-23)28-19-20-39-30(28)37-27-18-10-16-25(33(34,35)36)29(27)31(39)41/h2-18,21,28H,19-20H2,1H3,(H,38,42)/t21-,28?/m0/s1. The van der Waals surface area contributed by atoms with Crippen molar-refractivity contribution in [2.45, 2.75) is 38.1 Å². The molecule has 1 aliphatic heterocycles. The average Bonchev–Trinajstić information content (AvgIpc) is 3.41. The van der Waals surface area contributed by atoms with Crippen LogP contribution < -0.4 is 10.9 Å². The molecule has 2 heterocycles. The molecule has 1 unspecified atom stereocenters. The smallest absolute Gasteiger partial charge is 0.308 e. The lowest BCUT2D eigenvalue weighted by atomic mass is 10.0. The fourth-order valence-electron chi connectivity index (χ4n) is 5.75. The van der Waals surface area contributed by atoms with E-state index in [0.717, 1.165) is 22.8 Å². The monoisotopic (exact) mass is 568 g/mol. The third-order valence-corrected chi connectivity index (χ3v) is 7.77. The Labute approximate surface area is 240 Å². The number of carbonyl (C=O) groups is 1. The minimum Gasteiger partial charge on any atom is -0.308 e. The second kappa shape index (κ2) is 10.8. The van der Waals surface area contributed by atoms with Crippen LogP contribution in [-0.2, 0) is 12.7 Å². The molecule has 4 aromatic carbocycles. The van der Waals surface area contributed by atoms with Crippen LogP contribution in [0.3, 0.4) is 0 Å². The predicted molar refractivity (Wildman–Crippen MR) is 156 cm³/mol. The molecular weight excluding hydrogens is 541 g/mol. The first kappa shape index (κ1) is 27.3. The molecule has 5 aromatic rings. The van der Waals surface area contributed by atoms with Crippen molar-refractivity contribution < 1.29 is 18.0 Å². The van der Waals surface area contributed by atoms with Crippen LogP contribution in [0.2, 0.25) is 0 Å². The van der Waals surface area contributed by atoms with Gasteiger partial charge >= 0.3 is 12.2 Å². The SMILES string of the molecule is C[C@@H](c1ccccc1)N(C(=O)Nc1ccccc1-c1ccccc1)C1CCn2c1nc1cccc(C(F)(F)F)c1c2=O. The van der Waals surface area contributed by atoms with Gasteiger partial charge in [-0.1, -0.05) is 84.9 Å². The lowest BCUT2D eigenvalue weighted by Crippen LogP contribution is -2.40. The van der Waals surface area contributed by atoms with Gasteiger partial charge < -0.3 is 10.2 Å². The van der Waals surface area contributed by atoms with Gasteiger partial charge in [0.05, 0.1) is 34.2 Å². The Bertz CT molecular complexity index is 1820. The molecule has 0 bridgehead atoms. The van der Waals surface area contributed by atoms with Gasteiger partial charge in [-0.05, 0) is 42.7 Å². The predicted octanol–water partition coefficient (Wildman–Crippen LogP) is 7.82. The lowest BCUT2D eigenvalue weighted by Gasteiger charge is -2.34. The molecule has 1 aromatic heterocycles. The highest BCUT2D eigenvalue weighted by Crippen LogP contribution is 2.39. The van der Waals surface area contributed by atoms with Crippen molar-refractivity contribution in [1.82, 2.24) is 14.5 Å². The Morgan fingerprint density at radius 1 is 0.929 bits per heavy atom. The minimum absolute atomic E-state index is 0.0462. The number of amides is 2. The third-order valence-electron chi connectivity index (χ3n) is 7.77. The molecule has 2 amide bonds. The number of fused-ring (bicyclic) bond motifs is 2. The summed E-state index contributed by atoms with van der Waals surface area (Å²) in [5, 5.41) is 2.61. The quantitative estimate of drug-likeness (QED) is 0.235. The molecule has 6 nitrogen and oxygen atoms in total. The molecule has 0 spiro atoms. The van der Waals surface area contributed by atoms with Crippen molar-refractivity contribution in [3.05, 3.63) is 130 Å². The first-order chi connectivity index (χ1) is 20.2. The number of benzene rings is 4. The average molecular weight is 569 g/mol. The summed E-state index contributed by atoms with van der Waals surface area (Å²) in [6, 6.07) is 28.7. The summed E-state index contributed by atoms with van der Waals surface area (Å²) < 4.78 is 42.6. The van der Waals surface area contributed by atoms with Crippen LogP contribution >= 0.6 is 0 Å². The Balaban J connectivity index is 1.45. The van der Waals surface area contributed by atoms with Gasteiger partial charge in [0.15, 0.2) is 0 Å². The van der Waals surface area contributed by atoms with Crippen molar-refractivity contribution in [3.63, 3.8) is 0 Å². The van der Waals surface area contributed by atoms with Crippen molar-refractivity contribution in [3.8, 4) is 11.1 Å². The van der Waals surface area contributed by atoms with Gasteiger partial charge in [0.1, 0.15) is 5.82 Å². The topological polar surface area (TPSA) is 67.2 Å². The summed E-state index contributed by atoms with van der Waals surface area (Å²) in [6.07, 6.45) is -4.38. The van der Waals surface area contributed by atoms with Crippen LogP contribution in [0.15, 0.2) is 108 Å². The number of hydrogen-bond donors (Lipinski definition) is 1. The normalized spacial score (nSPS) is 15.3. The van der Waals surface area contributed by atoms with E-state index >= 15 is 0 Å². The van der Waals surface area contributed by atoms with E-state index in [4.69, 9.17) is 0 Å². The number of aromatic nitrogens is 2. The van der Waals surface area contributed by atoms with Gasteiger partial charge in [-0.2, -0.15) is 13.2 Å². The Kier molecular flexibility index (Phi) is 7.02. The molecule has 212 valence electrons. The second-order valence-corrected chi connectivity index (χ2v) is 10.3. The number of alkyl halides is 3. The number of nitrogens with one attached hydrogen (secondary N) is 1. The molecule has 2 atom stereocenters. The van der Waals surface area contributed by atoms with Gasteiger partial charge in [-0.3, -0.25) is 9.36 Å². The Morgan fingerprint density at radius 3 is 2.31 bits per heavy atom. The maximum atomic E-state index is 14.2. The fraction of sp³-hybridized carbons (Fsp3) is 0.182. The van der Waals surface area contributed by atoms with Crippen LogP contribution in [0.4, 0.5) is 23.7 Å². The largest absolute Gasteiger partial charge is 0.417 e. The second-order valence-electron chi connectivity index (χ2n) is 10.3. The van der Waals surface area contributed by atoms with E-state index in [1.165, 1.54) is 16.7 Å². The molecule has 0 radical (unpaired) electrons. The molecule has 42 heavy (non-hydrogen) atoms. The molecular formula is C33H27F3N4O2. The highest BCUT2D eigenvalue weighted by Gasteiger charge is 2.39. The first-order valence-electron chi connectivity index (χ1n) is 13.6. The number of carbonyl (C=O) groups excluding carboxylic acids is 1. The van der Waals surface area contributed by atoms with Crippen LogP contribution in [0, 0.1) is 0 Å². The van der Waals surface area contributed by atoms with Gasteiger partial charge in [-0.25, -0.2) is 9.78 Å². The highest BCUT2D eigenvalue weighted by atomic mass is 19.4. The van der Waals surface area contributed by atoms with E-state index < -0.39 is 40.8 Å². The minimum atomic E-state index is -4.70. The zero-order chi connectivity index (χ0) is 29.4. The summed E-state index contributed by atoms with van der Waals surface area (Å²) in [5.74, 6) is 0.265. The third kappa shape index (κ3) is 4.91. The van der Waals surface area contributed by atoms with Crippen molar-refractivity contribution in [2.24, 2.45) is 0 Å². The fourth-order valence-corrected chi connectivity index (χ4v) is 5.75. The number of rotatable bonds is 5. The molecule has 1 aliphatic rings. The van der Waals surface area contributed by atoms with E-state index in [9.17, 15) is 22.8 Å². The van der Waals surface area contributed by atoms with E-state index in [2.05, 4.69) is 10.3 Å². The summed E-state index contributed by atoms with van der Waals surface area (Å²) in [7, 11) is 0. The maximum absolute atomic E-state index is 14.2. The van der Waals surface area contributed by atoms with Crippen LogP contribution in [0.1, 0.15) is 42.4 Å². The molecule has 0 aliphatic carbocycles. The number of halogens is 3. The van der Waals surface area contributed by atoms with Crippen LogP contribution in [-0.4, -0.2) is 20.5 Å². The van der Waals surface area contributed by atoms with Gasteiger partial charge in [0, 0.05) is 12.1 Å². The lowest BCUT2D eigenvalue weighted by molar-refractivity contribution is -0.136. The molecule has 1 N–H and O–H groups in total. The van der Waals surface area contributed by atoms with Gasteiger partial charge in [0.2, 0.25) is 0 Å². The highest BCUT2D eigenvalue weighted by molar-refractivity contribution is 5.95. The molecule has 0 fully saturated rings. The van der Waals surface area contributed by atoms with E-state index in [0.29, 0.717) is 12.1 Å². The summed E-state index contributed by atoms with van der Waals surface area (Å²) in [5.41, 5.74) is 1.43. The number of nitrogens with zero attached hydrogens (tertiary/aromatic N) is 3. The Morgan fingerprint density at radius 2 is 1.60 bits per heavy atom. The van der Waals surface area contributed by atoms with Crippen LogP contribution in [0.5, 0.6) is 0 Å². The van der Waals surface area contributed by atoms with Crippen molar-refractivity contribution >= 4 is 22.6 Å². The first-order valence-corrected chi connectivity index (χ1v) is 13.6. The van der Waals surface area contributed by atoms with Gasteiger partial charge in [-0.15, -0.1) is 0 Å². The van der Waals surface area contributed by atoms with Gasteiger partial charge in [0.25, 0.3) is 5.56 Å². The molecule has 0 saturated heterocycles. The zero-order valence-corrected chi connectivity index (χ0v) is 22.7. The van der Waals surface area contributed by atoms with E-state index in [1.807, 2.05) is 91.9 Å². The molecule has 0 saturated carbocycles. The van der Waals surface area contributed by atoms with E-state index in [1.54, 1.807) is 4.90 Å². The van der Waals surface area contributed by atoms with Crippen LogP contribution in [0.25, 0.3) is 22.0 Å². The number of hydrogen-bond acceptors (Lipinski definition) is 3. The number of para-hydroxylation sites is 1. The number of anilines is 1. The summed E-state index contributed by atoms with van der Waals surface area (Å²) in [4.78, 5) is 33.9. The molecule has 9 heteroatoms. The maximum Gasteiger partial charge on any atom is 0.417 e. The summed E-state index contributed by atoms with van der Waals surface area (Å²) in [6.45, 7) is 2.03. The van der Waals surface area contributed by atoms with E-state index in [-0.39, 0.29) is 17.9 Å². The summed E-state index contributed by atoms with van der Waals surface area (Å²) >= 11 is 0. The van der Waals surface area contributed by atoms with Crippen molar-refractivity contribution in [2.75, 3.05) is 5.32 Å². The molecule has 6 rings (SSSR count). The Hall–Kier alpha value is -4.92. The zero-order valence-electron chi connectivity index (χ0n) is 22.7.